The van der Waals surface area contributed by atoms with Gasteiger partial charge in [0.25, 0.3) is 5.91 Å². The van der Waals surface area contributed by atoms with Crippen LogP contribution in [-0.2, 0) is 9.53 Å². The zero-order chi connectivity index (χ0) is 20.9. The van der Waals surface area contributed by atoms with Crippen molar-refractivity contribution >= 4 is 18.0 Å². The van der Waals surface area contributed by atoms with Crippen LogP contribution >= 0.6 is 0 Å². The van der Waals surface area contributed by atoms with E-state index in [1.165, 1.54) is 9.80 Å². The van der Waals surface area contributed by atoms with E-state index in [-0.39, 0.29) is 48.5 Å². The zero-order valence-corrected chi connectivity index (χ0v) is 17.6. The van der Waals surface area contributed by atoms with Crippen LogP contribution in [0.5, 0.6) is 0 Å². The third-order valence-corrected chi connectivity index (χ3v) is 7.00. The molecule has 0 bridgehead atoms. The minimum absolute atomic E-state index is 0.0194. The van der Waals surface area contributed by atoms with E-state index >= 15 is 0 Å². The van der Waals surface area contributed by atoms with Gasteiger partial charge in [-0.15, -0.1) is 0 Å². The third-order valence-electron chi connectivity index (χ3n) is 7.00. The monoisotopic (exact) mass is 395 g/mol. The maximum atomic E-state index is 13.5. The fourth-order valence-electron chi connectivity index (χ4n) is 5.48. The molecule has 8 nitrogen and oxygen atoms in total. The smallest absolute Gasteiger partial charge is 0.407 e. The minimum atomic E-state index is -0.972. The normalized spacial score (nSPS) is 34.5. The SMILES string of the molecule is COC1CCC(N2C(=O)N(C)C(=O)C23CCN(C(=O)O)CC3C(C)(C)C)CC1. The number of piperidine rings is 1. The van der Waals surface area contributed by atoms with Crippen LogP contribution in [0.3, 0.4) is 0 Å². The summed E-state index contributed by atoms with van der Waals surface area (Å²) in [4.78, 5) is 42.8. The maximum absolute atomic E-state index is 13.5. The summed E-state index contributed by atoms with van der Waals surface area (Å²) >= 11 is 0. The van der Waals surface area contributed by atoms with E-state index in [2.05, 4.69) is 0 Å². The Balaban J connectivity index is 2.01. The van der Waals surface area contributed by atoms with Crippen LogP contribution in [0.4, 0.5) is 9.59 Å². The highest BCUT2D eigenvalue weighted by Gasteiger charge is 2.65. The van der Waals surface area contributed by atoms with Crippen LogP contribution < -0.4 is 0 Å². The molecule has 8 heteroatoms. The molecule has 0 aromatic carbocycles. The Hall–Kier alpha value is -1.83. The molecule has 3 aliphatic rings. The number of imide groups is 1. The Kier molecular flexibility index (Phi) is 5.38. The highest BCUT2D eigenvalue weighted by molar-refractivity contribution is 6.07. The Morgan fingerprint density at radius 1 is 1.18 bits per heavy atom. The van der Waals surface area contributed by atoms with Gasteiger partial charge in [-0.2, -0.15) is 0 Å². The van der Waals surface area contributed by atoms with Crippen LogP contribution in [0.2, 0.25) is 0 Å². The average molecular weight is 396 g/mol. The molecule has 2 saturated heterocycles. The summed E-state index contributed by atoms with van der Waals surface area (Å²) in [5.74, 6) is -0.456. The Morgan fingerprint density at radius 3 is 2.29 bits per heavy atom. The molecule has 1 saturated carbocycles. The minimum Gasteiger partial charge on any atom is -0.465 e. The van der Waals surface area contributed by atoms with Crippen LogP contribution in [-0.4, -0.2) is 82.8 Å². The maximum Gasteiger partial charge on any atom is 0.407 e. The topological polar surface area (TPSA) is 90.4 Å². The van der Waals surface area contributed by atoms with Crippen molar-refractivity contribution in [1.29, 1.82) is 0 Å². The Labute approximate surface area is 166 Å². The van der Waals surface area contributed by atoms with Crippen molar-refractivity contribution < 1.29 is 24.2 Å². The largest absolute Gasteiger partial charge is 0.465 e. The van der Waals surface area contributed by atoms with E-state index in [9.17, 15) is 19.5 Å². The van der Waals surface area contributed by atoms with Gasteiger partial charge in [0, 0.05) is 39.2 Å². The molecule has 2 aliphatic heterocycles. The molecule has 28 heavy (non-hydrogen) atoms. The summed E-state index contributed by atoms with van der Waals surface area (Å²) in [6.07, 6.45) is 2.90. The molecule has 4 amide bonds. The first-order valence-electron chi connectivity index (χ1n) is 10.2. The second-order valence-electron chi connectivity index (χ2n) is 9.50. The molecule has 1 N–H and O–H groups in total. The summed E-state index contributed by atoms with van der Waals surface area (Å²) in [6, 6.07) is -0.266. The van der Waals surface area contributed by atoms with Crippen LogP contribution in [0, 0.1) is 11.3 Å². The van der Waals surface area contributed by atoms with Crippen molar-refractivity contribution in [2.45, 2.75) is 70.6 Å². The van der Waals surface area contributed by atoms with Crippen molar-refractivity contribution in [1.82, 2.24) is 14.7 Å². The molecule has 0 radical (unpaired) electrons. The average Bonchev–Trinajstić information content (AvgIpc) is 2.83. The number of amides is 4. The second kappa shape index (κ2) is 7.21. The van der Waals surface area contributed by atoms with Crippen LogP contribution in [0.25, 0.3) is 0 Å². The van der Waals surface area contributed by atoms with Crippen LogP contribution in [0.15, 0.2) is 0 Å². The highest BCUT2D eigenvalue weighted by Crippen LogP contribution is 2.50. The van der Waals surface area contributed by atoms with Gasteiger partial charge in [-0.3, -0.25) is 9.69 Å². The van der Waals surface area contributed by atoms with Gasteiger partial charge < -0.3 is 19.6 Å². The van der Waals surface area contributed by atoms with Gasteiger partial charge in [0.15, 0.2) is 0 Å². The van der Waals surface area contributed by atoms with Crippen molar-refractivity contribution in [3.8, 4) is 0 Å². The summed E-state index contributed by atoms with van der Waals surface area (Å²) in [6.45, 7) is 6.61. The molecule has 0 aromatic rings. The molecule has 2 heterocycles. The lowest BCUT2D eigenvalue weighted by molar-refractivity contribution is -0.144. The number of nitrogens with zero attached hydrogens (tertiary/aromatic N) is 3. The van der Waals surface area contributed by atoms with E-state index in [4.69, 9.17) is 4.74 Å². The van der Waals surface area contributed by atoms with E-state index in [1.807, 2.05) is 25.7 Å². The highest BCUT2D eigenvalue weighted by atomic mass is 16.5. The summed E-state index contributed by atoms with van der Waals surface area (Å²) < 4.78 is 5.47. The molecule has 1 aliphatic carbocycles. The molecule has 158 valence electrons. The molecule has 2 atom stereocenters. The lowest BCUT2D eigenvalue weighted by atomic mass is 9.64. The van der Waals surface area contributed by atoms with Crippen molar-refractivity contribution in [2.24, 2.45) is 11.3 Å². The Bertz CT molecular complexity index is 653. The number of likely N-dealkylation sites (N-methyl/N-ethyl adjacent to an activating group) is 1. The quantitative estimate of drug-likeness (QED) is 0.726. The first kappa shape index (κ1) is 20.9. The standard InChI is InChI=1S/C20H33N3O5/c1-19(2,3)15-12-22(18(26)27)11-10-20(15)16(24)21(4)17(25)23(20)13-6-8-14(28-5)9-7-13/h13-15H,6-12H2,1-5H3,(H,26,27). The lowest BCUT2D eigenvalue weighted by Gasteiger charge is -2.54. The van der Waals surface area contributed by atoms with Gasteiger partial charge in [-0.1, -0.05) is 20.8 Å². The molecule has 2 unspecified atom stereocenters. The number of hydrogen-bond acceptors (Lipinski definition) is 4. The van der Waals surface area contributed by atoms with E-state index in [1.54, 1.807) is 14.2 Å². The van der Waals surface area contributed by atoms with Crippen molar-refractivity contribution in [3.05, 3.63) is 0 Å². The van der Waals surface area contributed by atoms with Gasteiger partial charge in [0.1, 0.15) is 5.54 Å². The first-order valence-corrected chi connectivity index (χ1v) is 10.2. The summed E-state index contributed by atoms with van der Waals surface area (Å²) in [7, 11) is 3.26. The summed E-state index contributed by atoms with van der Waals surface area (Å²) in [5.41, 5.74) is -1.31. The zero-order valence-electron chi connectivity index (χ0n) is 17.6. The summed E-state index contributed by atoms with van der Waals surface area (Å²) in [5, 5.41) is 9.53. The Morgan fingerprint density at radius 2 is 1.79 bits per heavy atom. The lowest BCUT2D eigenvalue weighted by Crippen LogP contribution is -2.67. The number of carbonyl (C=O) groups excluding carboxylic acids is 2. The number of likely N-dealkylation sites (tertiary alicyclic amines) is 1. The molecule has 3 rings (SSSR count). The van der Waals surface area contributed by atoms with Gasteiger partial charge in [0.2, 0.25) is 0 Å². The number of carbonyl (C=O) groups is 3. The molecule has 0 aromatic heterocycles. The molecule has 1 spiro atoms. The van der Waals surface area contributed by atoms with Gasteiger partial charge in [-0.05, 0) is 37.5 Å². The fourth-order valence-corrected chi connectivity index (χ4v) is 5.48. The van der Waals surface area contributed by atoms with Gasteiger partial charge in [-0.25, -0.2) is 9.59 Å². The number of rotatable bonds is 2. The van der Waals surface area contributed by atoms with E-state index in [0.717, 1.165) is 25.7 Å². The number of methoxy groups -OCH3 is 1. The predicted molar refractivity (Wildman–Crippen MR) is 103 cm³/mol. The molecular formula is C20H33N3O5. The third kappa shape index (κ3) is 3.15. The predicted octanol–water partition coefficient (Wildman–Crippen LogP) is 2.62. The van der Waals surface area contributed by atoms with Crippen molar-refractivity contribution in [2.75, 3.05) is 27.2 Å². The van der Waals surface area contributed by atoms with Crippen molar-refractivity contribution in [3.63, 3.8) is 0 Å². The number of carboxylic acid groups (broad SMARTS) is 1. The number of urea groups is 1. The fraction of sp³-hybridized carbons (Fsp3) is 0.850. The van der Waals surface area contributed by atoms with E-state index < -0.39 is 11.6 Å². The molecular weight excluding hydrogens is 362 g/mol. The number of hydrogen-bond donors (Lipinski definition) is 1. The van der Waals surface area contributed by atoms with Gasteiger partial charge >= 0.3 is 12.1 Å². The van der Waals surface area contributed by atoms with Crippen LogP contribution in [0.1, 0.15) is 52.9 Å². The van der Waals surface area contributed by atoms with Gasteiger partial charge in [0.05, 0.1) is 6.10 Å². The first-order chi connectivity index (χ1) is 13.0. The number of ether oxygens (including phenoxy) is 1. The van der Waals surface area contributed by atoms with E-state index in [0.29, 0.717) is 6.42 Å². The second-order valence-corrected chi connectivity index (χ2v) is 9.50. The molecule has 3 fully saturated rings.